The van der Waals surface area contributed by atoms with Gasteiger partial charge in [0.15, 0.2) is 0 Å². The van der Waals surface area contributed by atoms with Crippen LogP contribution in [0.3, 0.4) is 0 Å². The van der Waals surface area contributed by atoms with Crippen molar-refractivity contribution in [1.82, 2.24) is 14.9 Å². The molecular weight excluding hydrogens is 418 g/mol. The molecule has 3 aromatic rings. The number of aromatic nitrogens is 2. The molecular formula is C26H35N3O4. The summed E-state index contributed by atoms with van der Waals surface area (Å²) in [4.78, 5) is 29.6. The highest BCUT2D eigenvalue weighted by Gasteiger charge is 2.25. The van der Waals surface area contributed by atoms with Crippen LogP contribution < -0.4 is 15.6 Å². The van der Waals surface area contributed by atoms with Crippen molar-refractivity contribution in [2.75, 3.05) is 0 Å². The van der Waals surface area contributed by atoms with Crippen LogP contribution in [-0.4, -0.2) is 33.4 Å². The lowest BCUT2D eigenvalue weighted by Crippen LogP contribution is -2.47. The highest BCUT2D eigenvalue weighted by atomic mass is 16.6. The monoisotopic (exact) mass is 453 g/mol. The molecule has 1 N–H and O–H groups in total. The highest BCUT2D eigenvalue weighted by Crippen LogP contribution is 2.28. The number of amides is 1. The van der Waals surface area contributed by atoms with Gasteiger partial charge in [-0.25, -0.2) is 4.79 Å². The molecule has 33 heavy (non-hydrogen) atoms. The summed E-state index contributed by atoms with van der Waals surface area (Å²) in [7, 11) is 1.76. The maximum absolute atomic E-state index is 13.0. The van der Waals surface area contributed by atoms with Gasteiger partial charge in [0.2, 0.25) is 0 Å². The van der Waals surface area contributed by atoms with Gasteiger partial charge in [-0.05, 0) is 70.5 Å². The first-order chi connectivity index (χ1) is 15.4. The van der Waals surface area contributed by atoms with Crippen LogP contribution in [0.1, 0.15) is 53.7 Å². The summed E-state index contributed by atoms with van der Waals surface area (Å²) >= 11 is 0. The minimum absolute atomic E-state index is 0.0856. The summed E-state index contributed by atoms with van der Waals surface area (Å²) in [5, 5.41) is 5.44. The number of nitrogens with one attached hydrogen (secondary N) is 1. The van der Waals surface area contributed by atoms with Crippen LogP contribution >= 0.6 is 0 Å². The largest absolute Gasteiger partial charge is 0.489 e. The van der Waals surface area contributed by atoms with Crippen molar-refractivity contribution in [3.8, 4) is 5.75 Å². The van der Waals surface area contributed by atoms with E-state index in [2.05, 4.69) is 24.1 Å². The molecule has 1 amide bonds. The molecule has 1 unspecified atom stereocenters. The lowest BCUT2D eigenvalue weighted by atomic mass is 10.00. The lowest BCUT2D eigenvalue weighted by molar-refractivity contribution is 0.0441. The summed E-state index contributed by atoms with van der Waals surface area (Å²) in [6.45, 7) is 13.5. The third-order valence-corrected chi connectivity index (χ3v) is 5.60. The van der Waals surface area contributed by atoms with E-state index in [4.69, 9.17) is 9.47 Å². The lowest BCUT2D eigenvalue weighted by Gasteiger charge is -2.29. The Labute approximate surface area is 195 Å². The fourth-order valence-electron chi connectivity index (χ4n) is 4.06. The molecule has 0 radical (unpaired) electrons. The number of pyridine rings is 2. The highest BCUT2D eigenvalue weighted by molar-refractivity contribution is 6.06. The zero-order valence-corrected chi connectivity index (χ0v) is 20.9. The van der Waals surface area contributed by atoms with Gasteiger partial charge in [-0.1, -0.05) is 13.8 Å². The molecule has 7 nitrogen and oxygen atoms in total. The van der Waals surface area contributed by atoms with Crippen LogP contribution in [0.2, 0.25) is 0 Å². The molecule has 2 atom stereocenters. The molecule has 7 heteroatoms. The molecule has 0 aliphatic carbocycles. The van der Waals surface area contributed by atoms with Crippen LogP contribution in [0, 0.1) is 12.8 Å². The minimum atomic E-state index is -0.573. The Morgan fingerprint density at radius 3 is 2.48 bits per heavy atom. The smallest absolute Gasteiger partial charge is 0.408 e. The van der Waals surface area contributed by atoms with Gasteiger partial charge in [-0.15, -0.1) is 0 Å². The molecule has 1 aromatic carbocycles. The number of ether oxygens (including phenoxy) is 2. The Morgan fingerprint density at radius 2 is 1.85 bits per heavy atom. The van der Waals surface area contributed by atoms with Gasteiger partial charge in [-0.2, -0.15) is 0 Å². The summed E-state index contributed by atoms with van der Waals surface area (Å²) in [6, 6.07) is 7.39. The van der Waals surface area contributed by atoms with E-state index in [1.807, 2.05) is 58.9 Å². The SMILES string of the molecule is Cc1nccc2c1c(=O)n(C)c1cc(OC(C)[C@H](CC(C)C)NC(=O)OC(C)(C)C)ccc21. The number of aryl methyl sites for hydroxylation is 2. The fraction of sp³-hybridized carbons (Fsp3) is 0.500. The van der Waals surface area contributed by atoms with E-state index in [0.29, 0.717) is 22.7 Å². The van der Waals surface area contributed by atoms with Crippen LogP contribution in [0.25, 0.3) is 21.7 Å². The fourth-order valence-corrected chi connectivity index (χ4v) is 4.06. The molecule has 0 saturated heterocycles. The standard InChI is InChI=1S/C26H35N3O4/c1-15(2)13-21(28-25(31)33-26(5,6)7)17(4)32-18-9-10-19-20-11-12-27-16(3)23(20)24(30)29(8)22(19)14-18/h9-12,14-15,17,21H,13H2,1-8H3,(H,28,31)/t17?,21-/m0/s1. The van der Waals surface area contributed by atoms with Gasteiger partial charge in [-0.3, -0.25) is 9.78 Å². The quantitative estimate of drug-likeness (QED) is 0.525. The van der Waals surface area contributed by atoms with Gasteiger partial charge in [0.1, 0.15) is 17.5 Å². The Hall–Kier alpha value is -3.09. The predicted octanol–water partition coefficient (Wildman–Crippen LogP) is 5.10. The first-order valence-electron chi connectivity index (χ1n) is 11.4. The van der Waals surface area contributed by atoms with Gasteiger partial charge in [0, 0.05) is 24.7 Å². The first-order valence-corrected chi connectivity index (χ1v) is 11.4. The van der Waals surface area contributed by atoms with Crippen molar-refractivity contribution in [2.45, 2.75) is 72.6 Å². The Kier molecular flexibility index (Phi) is 7.00. The number of carbonyl (C=O) groups excluding carboxylic acids is 1. The number of nitrogens with zero attached hydrogens (tertiary/aromatic N) is 2. The number of benzene rings is 1. The number of hydrogen-bond acceptors (Lipinski definition) is 5. The van der Waals surface area contributed by atoms with Crippen molar-refractivity contribution in [1.29, 1.82) is 0 Å². The number of carbonyl (C=O) groups is 1. The molecule has 0 saturated carbocycles. The predicted molar refractivity (Wildman–Crippen MR) is 132 cm³/mol. The molecule has 0 fully saturated rings. The van der Waals surface area contributed by atoms with Gasteiger partial charge >= 0.3 is 6.09 Å². The third-order valence-electron chi connectivity index (χ3n) is 5.60. The van der Waals surface area contributed by atoms with Crippen LogP contribution in [-0.2, 0) is 11.8 Å². The van der Waals surface area contributed by atoms with E-state index in [0.717, 1.165) is 22.7 Å². The number of hydrogen-bond donors (Lipinski definition) is 1. The maximum atomic E-state index is 13.0. The van der Waals surface area contributed by atoms with Crippen molar-refractivity contribution < 1.29 is 14.3 Å². The average Bonchev–Trinajstić information content (AvgIpc) is 2.69. The summed E-state index contributed by atoms with van der Waals surface area (Å²) < 4.78 is 13.3. The van der Waals surface area contributed by atoms with Gasteiger partial charge in [0.25, 0.3) is 5.56 Å². The summed E-state index contributed by atoms with van der Waals surface area (Å²) in [6.07, 6.45) is 1.70. The number of alkyl carbamates (subject to hydrolysis) is 1. The minimum Gasteiger partial charge on any atom is -0.489 e. The van der Waals surface area contributed by atoms with E-state index in [-0.39, 0.29) is 17.7 Å². The topological polar surface area (TPSA) is 82.5 Å². The molecule has 178 valence electrons. The first kappa shape index (κ1) is 24.6. The number of fused-ring (bicyclic) bond motifs is 3. The molecule has 0 aliphatic heterocycles. The van der Waals surface area contributed by atoms with E-state index in [9.17, 15) is 9.59 Å². The normalized spacial score (nSPS) is 13.8. The third kappa shape index (κ3) is 5.64. The van der Waals surface area contributed by atoms with Crippen molar-refractivity contribution >= 4 is 27.8 Å². The van der Waals surface area contributed by atoms with Gasteiger partial charge < -0.3 is 19.4 Å². The second-order valence-corrected chi connectivity index (χ2v) is 10.1. The van der Waals surface area contributed by atoms with E-state index in [1.165, 1.54) is 0 Å². The van der Waals surface area contributed by atoms with Crippen molar-refractivity contribution in [2.24, 2.45) is 13.0 Å². The summed E-state index contributed by atoms with van der Waals surface area (Å²) in [5.41, 5.74) is 0.839. The van der Waals surface area contributed by atoms with Crippen LogP contribution in [0.5, 0.6) is 5.75 Å². The van der Waals surface area contributed by atoms with E-state index < -0.39 is 11.7 Å². The molecule has 0 spiro atoms. The Morgan fingerprint density at radius 1 is 1.15 bits per heavy atom. The second kappa shape index (κ2) is 9.41. The van der Waals surface area contributed by atoms with Crippen molar-refractivity contribution in [3.05, 3.63) is 46.5 Å². The zero-order valence-electron chi connectivity index (χ0n) is 20.9. The Bertz CT molecular complexity index is 1220. The average molecular weight is 454 g/mol. The van der Waals surface area contributed by atoms with Gasteiger partial charge in [0.05, 0.1) is 22.6 Å². The molecule has 2 heterocycles. The van der Waals surface area contributed by atoms with Crippen LogP contribution in [0.15, 0.2) is 35.3 Å². The van der Waals surface area contributed by atoms with Crippen LogP contribution in [0.4, 0.5) is 4.79 Å². The number of rotatable bonds is 6. The molecule has 0 aliphatic rings. The second-order valence-electron chi connectivity index (χ2n) is 10.1. The van der Waals surface area contributed by atoms with E-state index in [1.54, 1.807) is 17.8 Å². The molecule has 3 rings (SSSR count). The summed E-state index contributed by atoms with van der Waals surface area (Å²) in [5.74, 6) is 0.992. The molecule has 0 bridgehead atoms. The van der Waals surface area contributed by atoms with Crippen molar-refractivity contribution in [3.63, 3.8) is 0 Å². The zero-order chi connectivity index (χ0) is 24.5. The molecule has 2 aromatic heterocycles. The van der Waals surface area contributed by atoms with E-state index >= 15 is 0 Å². The Balaban J connectivity index is 1.92. The maximum Gasteiger partial charge on any atom is 0.408 e.